The molecule has 7 nitrogen and oxygen atoms in total. The minimum atomic E-state index is -4.50. The Labute approximate surface area is 173 Å². The van der Waals surface area contributed by atoms with E-state index in [1.807, 2.05) is 6.92 Å². The van der Waals surface area contributed by atoms with E-state index in [2.05, 4.69) is 15.0 Å². The van der Waals surface area contributed by atoms with Crippen LogP contribution < -0.4 is 5.62 Å². The molecule has 0 aliphatic carbocycles. The lowest BCUT2D eigenvalue weighted by Crippen LogP contribution is -2.25. The summed E-state index contributed by atoms with van der Waals surface area (Å²) >= 11 is 5.95. The van der Waals surface area contributed by atoms with Gasteiger partial charge < -0.3 is 9.13 Å². The molecule has 1 atom stereocenters. The Hall–Kier alpha value is -3.14. The lowest BCUT2D eigenvalue weighted by molar-refractivity contribution is -0.140. The number of halogens is 4. The first-order chi connectivity index (χ1) is 14.1. The molecule has 1 N–H and O–H groups in total. The van der Waals surface area contributed by atoms with Crippen molar-refractivity contribution in [3.63, 3.8) is 0 Å². The molecule has 4 rings (SSSR count). The third-order valence-electron chi connectivity index (χ3n) is 5.06. The first-order valence-corrected chi connectivity index (χ1v) is 9.30. The molecule has 0 unspecified atom stereocenters. The molecule has 0 fully saturated rings. The van der Waals surface area contributed by atoms with Crippen molar-refractivity contribution in [2.75, 3.05) is 0 Å². The molecule has 0 amide bonds. The minimum Gasteiger partial charge on any atom is -0.333 e. The van der Waals surface area contributed by atoms with Crippen LogP contribution in [0.5, 0.6) is 0 Å². The Morgan fingerprint density at radius 1 is 1.10 bits per heavy atom. The van der Waals surface area contributed by atoms with Gasteiger partial charge in [0.05, 0.1) is 12.2 Å². The van der Waals surface area contributed by atoms with Crippen molar-refractivity contribution in [2.24, 2.45) is 14.1 Å². The zero-order chi connectivity index (χ0) is 21.8. The summed E-state index contributed by atoms with van der Waals surface area (Å²) in [5.74, 6) is 0.222. The molecule has 156 valence electrons. The Kier molecular flexibility index (Phi) is 4.69. The van der Waals surface area contributed by atoms with Gasteiger partial charge in [-0.3, -0.25) is 9.98 Å². The predicted molar refractivity (Wildman–Crippen MR) is 105 cm³/mol. The van der Waals surface area contributed by atoms with Crippen LogP contribution in [-0.2, 0) is 20.3 Å². The number of aromatic nitrogens is 6. The van der Waals surface area contributed by atoms with Crippen LogP contribution in [0.15, 0.2) is 36.7 Å². The van der Waals surface area contributed by atoms with Crippen molar-refractivity contribution >= 4 is 22.8 Å². The summed E-state index contributed by atoms with van der Waals surface area (Å²) < 4.78 is 43.5. The lowest BCUT2D eigenvalue weighted by atomic mass is 10.1. The number of hydrogen-bond acceptors (Lipinski definition) is 4. The van der Waals surface area contributed by atoms with Crippen molar-refractivity contribution in [3.05, 3.63) is 58.8 Å². The van der Waals surface area contributed by atoms with Crippen LogP contribution in [-0.4, -0.2) is 28.7 Å². The fourth-order valence-corrected chi connectivity index (χ4v) is 3.56. The maximum absolute atomic E-state index is 12.9. The number of imidazole rings is 2. The van der Waals surface area contributed by atoms with E-state index in [1.165, 1.54) is 11.6 Å². The molecule has 3 heterocycles. The van der Waals surface area contributed by atoms with Crippen LogP contribution in [0.25, 0.3) is 22.6 Å². The molecule has 30 heavy (non-hydrogen) atoms. The molecular formula is C19H17ClF3N7. The first kappa shape index (κ1) is 20.1. The third-order valence-corrected chi connectivity index (χ3v) is 5.24. The lowest BCUT2D eigenvalue weighted by Gasteiger charge is -2.15. The van der Waals surface area contributed by atoms with E-state index in [0.29, 0.717) is 16.7 Å². The molecule has 0 aliphatic heterocycles. The number of fused-ring (bicyclic) bond motifs is 1. The van der Waals surface area contributed by atoms with E-state index >= 15 is 0 Å². The van der Waals surface area contributed by atoms with E-state index in [9.17, 15) is 13.2 Å². The molecule has 0 aliphatic rings. The second-order valence-electron chi connectivity index (χ2n) is 6.96. The van der Waals surface area contributed by atoms with Crippen LogP contribution in [0.4, 0.5) is 13.2 Å². The van der Waals surface area contributed by atoms with Crippen LogP contribution >= 0.6 is 11.6 Å². The zero-order valence-corrected chi connectivity index (χ0v) is 17.0. The second-order valence-corrected chi connectivity index (χ2v) is 7.29. The van der Waals surface area contributed by atoms with Crippen molar-refractivity contribution in [2.45, 2.75) is 19.1 Å². The minimum absolute atomic E-state index is 0.0830. The van der Waals surface area contributed by atoms with E-state index in [0.717, 1.165) is 11.8 Å². The molecule has 0 spiro atoms. The first-order valence-electron chi connectivity index (χ1n) is 8.93. The van der Waals surface area contributed by atoms with Gasteiger partial charge in [-0.1, -0.05) is 24.3 Å². The van der Waals surface area contributed by atoms with E-state index in [1.54, 1.807) is 46.6 Å². The molecule has 0 saturated carbocycles. The van der Waals surface area contributed by atoms with Gasteiger partial charge >= 0.3 is 6.18 Å². The van der Waals surface area contributed by atoms with Crippen LogP contribution in [0, 0.1) is 5.41 Å². The van der Waals surface area contributed by atoms with Gasteiger partial charge in [0.2, 0.25) is 10.9 Å². The highest BCUT2D eigenvalue weighted by Crippen LogP contribution is 2.31. The summed E-state index contributed by atoms with van der Waals surface area (Å²) in [4.78, 5) is 12.0. The summed E-state index contributed by atoms with van der Waals surface area (Å²) in [6.45, 7) is 1.91. The SMILES string of the molecule is C[C@@H](c1ccc(-c2nc(C(F)(F)F)cn2C)cc1)n1c(=N)n(C)c2cnc(Cl)nc21. The van der Waals surface area contributed by atoms with Gasteiger partial charge in [0.15, 0.2) is 11.3 Å². The van der Waals surface area contributed by atoms with Gasteiger partial charge in [-0.05, 0) is 24.1 Å². The van der Waals surface area contributed by atoms with E-state index in [-0.39, 0.29) is 22.8 Å². The van der Waals surface area contributed by atoms with Crippen LogP contribution in [0.2, 0.25) is 5.28 Å². The van der Waals surface area contributed by atoms with Gasteiger partial charge in [-0.15, -0.1) is 0 Å². The Morgan fingerprint density at radius 3 is 2.37 bits per heavy atom. The van der Waals surface area contributed by atoms with Crippen molar-refractivity contribution in [1.29, 1.82) is 5.41 Å². The highest BCUT2D eigenvalue weighted by Gasteiger charge is 2.34. The summed E-state index contributed by atoms with van der Waals surface area (Å²) in [6, 6.07) is 6.76. The number of aryl methyl sites for hydroxylation is 2. The monoisotopic (exact) mass is 435 g/mol. The summed E-state index contributed by atoms with van der Waals surface area (Å²) in [6.07, 6.45) is -1.97. The van der Waals surface area contributed by atoms with E-state index < -0.39 is 11.9 Å². The number of alkyl halides is 3. The number of benzene rings is 1. The molecule has 11 heteroatoms. The molecule has 1 aromatic carbocycles. The quantitative estimate of drug-likeness (QED) is 0.495. The van der Waals surface area contributed by atoms with E-state index in [4.69, 9.17) is 17.0 Å². The number of hydrogen-bond donors (Lipinski definition) is 1. The zero-order valence-electron chi connectivity index (χ0n) is 16.2. The summed E-state index contributed by atoms with van der Waals surface area (Å²) in [5.41, 5.74) is 1.89. The topological polar surface area (TPSA) is 77.3 Å². The van der Waals surface area contributed by atoms with Gasteiger partial charge in [-0.2, -0.15) is 18.2 Å². The van der Waals surface area contributed by atoms with Crippen LogP contribution in [0.1, 0.15) is 24.2 Å². The van der Waals surface area contributed by atoms with Gasteiger partial charge in [0.1, 0.15) is 11.3 Å². The summed E-state index contributed by atoms with van der Waals surface area (Å²) in [7, 11) is 3.27. The predicted octanol–water partition coefficient (Wildman–Crippen LogP) is 3.93. The number of nitrogens with one attached hydrogen (secondary N) is 1. The fourth-order valence-electron chi connectivity index (χ4n) is 3.43. The fraction of sp³-hybridized carbons (Fsp3) is 0.263. The maximum Gasteiger partial charge on any atom is 0.434 e. The Bertz CT molecular complexity index is 1300. The Balaban J connectivity index is 1.73. The van der Waals surface area contributed by atoms with Crippen LogP contribution in [0.3, 0.4) is 0 Å². The van der Waals surface area contributed by atoms with Gasteiger partial charge in [0, 0.05) is 25.9 Å². The van der Waals surface area contributed by atoms with Crippen molar-refractivity contribution in [3.8, 4) is 11.4 Å². The van der Waals surface area contributed by atoms with Gasteiger partial charge in [-0.25, -0.2) is 9.97 Å². The Morgan fingerprint density at radius 2 is 1.77 bits per heavy atom. The molecular weight excluding hydrogens is 419 g/mol. The molecule has 4 aromatic rings. The van der Waals surface area contributed by atoms with Crippen molar-refractivity contribution < 1.29 is 13.2 Å². The van der Waals surface area contributed by atoms with Gasteiger partial charge in [0.25, 0.3) is 0 Å². The second kappa shape index (κ2) is 6.98. The largest absolute Gasteiger partial charge is 0.434 e. The average Bonchev–Trinajstić information content (AvgIpc) is 3.20. The smallest absolute Gasteiger partial charge is 0.333 e. The summed E-state index contributed by atoms with van der Waals surface area (Å²) in [5, 5.41) is 8.52. The van der Waals surface area contributed by atoms with Crippen molar-refractivity contribution in [1.82, 2.24) is 28.7 Å². The number of rotatable bonds is 3. The molecule has 3 aromatic heterocycles. The molecule has 0 bridgehead atoms. The number of nitrogens with zero attached hydrogens (tertiary/aromatic N) is 6. The molecule has 0 radical (unpaired) electrons. The standard InChI is InChI=1S/C19H17ClF3N7/c1-10(30-16-13(29(3)18(30)24)8-25-17(20)27-16)11-4-6-12(7-5-11)15-26-14(9-28(15)2)19(21,22)23/h4-10,24H,1-3H3/t10-/m0/s1. The molecule has 0 saturated heterocycles. The third kappa shape index (κ3) is 3.26. The highest BCUT2D eigenvalue weighted by atomic mass is 35.5. The maximum atomic E-state index is 12.9. The average molecular weight is 436 g/mol. The normalized spacial score (nSPS) is 13.2. The highest BCUT2D eigenvalue weighted by molar-refractivity contribution is 6.28.